The second-order valence-corrected chi connectivity index (χ2v) is 9.75. The first kappa shape index (κ1) is 32.4. The van der Waals surface area contributed by atoms with Gasteiger partial charge >= 0.3 is 0 Å². The van der Waals surface area contributed by atoms with Gasteiger partial charge in [-0.3, -0.25) is 14.4 Å². The van der Waals surface area contributed by atoms with Gasteiger partial charge in [0.25, 0.3) is 0 Å². The lowest BCUT2D eigenvalue weighted by molar-refractivity contribution is -0.121. The van der Waals surface area contributed by atoms with Gasteiger partial charge in [0.05, 0.1) is 0 Å². The number of carbonyl (C=O) groups excluding carboxylic acids is 4. The van der Waals surface area contributed by atoms with Gasteiger partial charge in [-0.05, 0) is 63.4 Å². The first-order valence-corrected chi connectivity index (χ1v) is 14.2. The molecular weight excluding hydrogens is 424 g/mol. The molecule has 3 aliphatic rings. The van der Waals surface area contributed by atoms with Crippen molar-refractivity contribution in [3.8, 4) is 0 Å². The van der Waals surface area contributed by atoms with Crippen LogP contribution in [0.5, 0.6) is 0 Å². The van der Waals surface area contributed by atoms with Gasteiger partial charge in [-0.2, -0.15) is 0 Å². The SMILES string of the molecule is CCCC/C=C1\CCCC1=O.CCCCC=O.CCCCCC1CCCC1=O.O=C1CCCC1.[HH]. The average molecular weight is 479 g/mol. The van der Waals surface area contributed by atoms with Gasteiger partial charge < -0.3 is 4.79 Å². The number of hydrogen-bond acceptors (Lipinski definition) is 4. The van der Waals surface area contributed by atoms with Crippen LogP contribution in [0.25, 0.3) is 0 Å². The molecule has 3 fully saturated rings. The van der Waals surface area contributed by atoms with E-state index in [4.69, 9.17) is 0 Å². The lowest BCUT2D eigenvalue weighted by atomic mass is 9.99. The maximum absolute atomic E-state index is 11.2. The molecule has 0 N–H and O–H groups in total. The first-order chi connectivity index (χ1) is 16.5. The topological polar surface area (TPSA) is 68.3 Å². The molecule has 198 valence electrons. The summed E-state index contributed by atoms with van der Waals surface area (Å²) in [6, 6.07) is 0. The second kappa shape index (κ2) is 23.2. The van der Waals surface area contributed by atoms with Crippen molar-refractivity contribution in [1.29, 1.82) is 0 Å². The van der Waals surface area contributed by atoms with Gasteiger partial charge in [-0.15, -0.1) is 0 Å². The van der Waals surface area contributed by atoms with E-state index >= 15 is 0 Å². The number of ketones is 3. The van der Waals surface area contributed by atoms with E-state index in [0.717, 1.165) is 102 Å². The van der Waals surface area contributed by atoms with Crippen molar-refractivity contribution in [3.63, 3.8) is 0 Å². The van der Waals surface area contributed by atoms with Crippen LogP contribution in [0.1, 0.15) is 151 Å². The van der Waals surface area contributed by atoms with Gasteiger partial charge in [-0.1, -0.05) is 65.4 Å². The number of rotatable bonds is 10. The normalized spacial score (nSPS) is 20.3. The smallest absolute Gasteiger partial charge is 0.158 e. The predicted molar refractivity (Wildman–Crippen MR) is 144 cm³/mol. The Kier molecular flexibility index (Phi) is 22.1. The van der Waals surface area contributed by atoms with E-state index in [-0.39, 0.29) is 1.43 Å². The fourth-order valence-electron chi connectivity index (χ4n) is 4.33. The van der Waals surface area contributed by atoms with Crippen molar-refractivity contribution in [2.24, 2.45) is 5.92 Å². The maximum Gasteiger partial charge on any atom is 0.158 e. The van der Waals surface area contributed by atoms with Gasteiger partial charge in [0.2, 0.25) is 0 Å². The highest BCUT2D eigenvalue weighted by molar-refractivity contribution is 5.97. The molecule has 3 saturated carbocycles. The van der Waals surface area contributed by atoms with Gasteiger partial charge in [0.1, 0.15) is 17.9 Å². The Labute approximate surface area is 211 Å². The minimum atomic E-state index is 0. The third-order valence-electron chi connectivity index (χ3n) is 6.58. The van der Waals surface area contributed by atoms with Crippen molar-refractivity contribution in [1.82, 2.24) is 0 Å². The second-order valence-electron chi connectivity index (χ2n) is 9.75. The number of allylic oxidation sites excluding steroid dienone is 2. The molecule has 34 heavy (non-hydrogen) atoms. The predicted octanol–water partition coefficient (Wildman–Crippen LogP) is 8.54. The zero-order valence-corrected chi connectivity index (χ0v) is 22.5. The molecule has 0 spiro atoms. The molecule has 0 aromatic heterocycles. The monoisotopic (exact) mass is 478 g/mol. The van der Waals surface area contributed by atoms with Crippen LogP contribution >= 0.6 is 0 Å². The Hall–Kier alpha value is -1.58. The summed E-state index contributed by atoms with van der Waals surface area (Å²) in [7, 11) is 0. The van der Waals surface area contributed by atoms with E-state index in [9.17, 15) is 19.2 Å². The minimum Gasteiger partial charge on any atom is -0.303 e. The van der Waals surface area contributed by atoms with Gasteiger partial charge in [0, 0.05) is 39.4 Å². The van der Waals surface area contributed by atoms with E-state index < -0.39 is 0 Å². The van der Waals surface area contributed by atoms with Crippen LogP contribution in [0.4, 0.5) is 0 Å². The number of aldehydes is 1. The van der Waals surface area contributed by atoms with Crippen LogP contribution in [0, 0.1) is 5.92 Å². The minimum absolute atomic E-state index is 0. The van der Waals surface area contributed by atoms with E-state index in [1.165, 1.54) is 38.5 Å². The molecule has 0 aliphatic heterocycles. The molecule has 0 radical (unpaired) electrons. The molecule has 4 heteroatoms. The Balaban J connectivity index is 0. The third kappa shape index (κ3) is 17.8. The molecule has 0 amide bonds. The molecule has 0 aromatic rings. The van der Waals surface area contributed by atoms with Crippen molar-refractivity contribution < 1.29 is 20.6 Å². The molecule has 1 unspecified atom stereocenters. The Morgan fingerprint density at radius 2 is 1.38 bits per heavy atom. The number of hydrogen-bond donors (Lipinski definition) is 0. The summed E-state index contributed by atoms with van der Waals surface area (Å²) in [5, 5.41) is 0. The Morgan fingerprint density at radius 1 is 0.735 bits per heavy atom. The Bertz CT molecular complexity index is 589. The molecular formula is C30H54O4. The van der Waals surface area contributed by atoms with Crippen LogP contribution in [0.3, 0.4) is 0 Å². The zero-order valence-electron chi connectivity index (χ0n) is 22.5. The summed E-state index contributed by atoms with van der Waals surface area (Å²) in [6.07, 6.45) is 24.6. The van der Waals surface area contributed by atoms with Gasteiger partial charge in [0.15, 0.2) is 5.78 Å². The van der Waals surface area contributed by atoms with Crippen LogP contribution in [0.15, 0.2) is 11.6 Å². The van der Waals surface area contributed by atoms with E-state index in [0.29, 0.717) is 23.3 Å². The third-order valence-corrected chi connectivity index (χ3v) is 6.58. The van der Waals surface area contributed by atoms with Gasteiger partial charge in [-0.25, -0.2) is 0 Å². The molecule has 1 atom stereocenters. The lowest BCUT2D eigenvalue weighted by Gasteiger charge is -2.05. The average Bonchev–Trinajstić information content (AvgIpc) is 3.58. The summed E-state index contributed by atoms with van der Waals surface area (Å²) in [4.78, 5) is 42.1. The quantitative estimate of drug-likeness (QED) is 0.179. The Morgan fingerprint density at radius 3 is 1.79 bits per heavy atom. The highest BCUT2D eigenvalue weighted by Crippen LogP contribution is 2.26. The summed E-state index contributed by atoms with van der Waals surface area (Å²) >= 11 is 0. The van der Waals surface area contributed by atoms with Crippen LogP contribution in [-0.4, -0.2) is 23.6 Å². The van der Waals surface area contributed by atoms with Crippen molar-refractivity contribution in [2.45, 2.75) is 149 Å². The van der Waals surface area contributed by atoms with Crippen molar-refractivity contribution >= 4 is 23.6 Å². The van der Waals surface area contributed by atoms with Crippen LogP contribution < -0.4 is 0 Å². The summed E-state index contributed by atoms with van der Waals surface area (Å²) in [5.74, 6) is 1.82. The first-order valence-electron chi connectivity index (χ1n) is 14.2. The largest absolute Gasteiger partial charge is 0.303 e. The zero-order chi connectivity index (χ0) is 25.4. The standard InChI is InChI=1S/C10H18O.C10H16O.C5H8O.C5H10O.H2/c2*1-2-3-4-6-9-7-5-8-10(9)11;6-5-3-1-2-4-5;1-2-3-4-5-6;/h9H,2-8H2,1H3;6H,2-5,7-8H2,1H3;1-4H2;5H,2-4H2,1H3;1H/b;9-6+;;;. The van der Waals surface area contributed by atoms with Crippen LogP contribution in [0.2, 0.25) is 0 Å². The van der Waals surface area contributed by atoms with Crippen molar-refractivity contribution in [2.75, 3.05) is 0 Å². The number of unbranched alkanes of at least 4 members (excludes halogenated alkanes) is 6. The van der Waals surface area contributed by atoms with E-state index in [1.807, 2.05) is 0 Å². The van der Waals surface area contributed by atoms with Crippen LogP contribution in [-0.2, 0) is 19.2 Å². The maximum atomic E-state index is 11.2. The lowest BCUT2D eigenvalue weighted by Crippen LogP contribution is -2.05. The molecule has 0 bridgehead atoms. The summed E-state index contributed by atoms with van der Waals surface area (Å²) in [6.45, 7) is 6.45. The molecule has 4 nitrogen and oxygen atoms in total. The van der Waals surface area contributed by atoms with Crippen molar-refractivity contribution in [3.05, 3.63) is 11.6 Å². The summed E-state index contributed by atoms with van der Waals surface area (Å²) < 4.78 is 0. The fraction of sp³-hybridized carbons (Fsp3) is 0.800. The number of carbonyl (C=O) groups is 4. The van der Waals surface area contributed by atoms with E-state index in [2.05, 4.69) is 26.8 Å². The molecule has 0 heterocycles. The summed E-state index contributed by atoms with van der Waals surface area (Å²) in [5.41, 5.74) is 1.10. The molecule has 3 aliphatic carbocycles. The molecule has 0 aromatic carbocycles. The number of Topliss-reactive ketones (excluding diaryl/α,β-unsaturated/α-hetero) is 3. The molecule has 0 saturated heterocycles. The highest BCUT2D eigenvalue weighted by Gasteiger charge is 2.23. The fourth-order valence-corrected chi connectivity index (χ4v) is 4.33. The molecule has 3 rings (SSSR count). The van der Waals surface area contributed by atoms with E-state index in [1.54, 1.807) is 0 Å². The highest BCUT2D eigenvalue weighted by atomic mass is 16.1.